The molecule has 0 saturated carbocycles. The van der Waals surface area contributed by atoms with Crippen molar-refractivity contribution in [2.75, 3.05) is 13.2 Å². The molecule has 0 heterocycles. The second-order valence-corrected chi connectivity index (χ2v) is 22.7. The summed E-state index contributed by atoms with van der Waals surface area (Å²) in [5, 5.41) is 0. The lowest BCUT2D eigenvalue weighted by Gasteiger charge is -2.18. The van der Waals surface area contributed by atoms with E-state index in [9.17, 15) is 14.4 Å². The highest BCUT2D eigenvalue weighted by atomic mass is 16.6. The lowest BCUT2D eigenvalue weighted by molar-refractivity contribution is -0.167. The monoisotopic (exact) mass is 1120 g/mol. The van der Waals surface area contributed by atoms with Crippen LogP contribution < -0.4 is 0 Å². The fourth-order valence-electron chi connectivity index (χ4n) is 9.66. The second-order valence-electron chi connectivity index (χ2n) is 22.7. The van der Waals surface area contributed by atoms with Crippen molar-refractivity contribution < 1.29 is 28.6 Å². The third kappa shape index (κ3) is 66.8. The number of hydrogen-bond donors (Lipinski definition) is 0. The van der Waals surface area contributed by atoms with Crippen LogP contribution >= 0.6 is 0 Å². The number of allylic oxidation sites excluding steroid dienone is 18. The molecule has 0 aromatic carbocycles. The van der Waals surface area contributed by atoms with Crippen LogP contribution in [0.5, 0.6) is 0 Å². The first-order valence-electron chi connectivity index (χ1n) is 34.4. The summed E-state index contributed by atoms with van der Waals surface area (Å²) in [6, 6.07) is 0. The highest BCUT2D eigenvalue weighted by molar-refractivity contribution is 5.71. The smallest absolute Gasteiger partial charge is 0.306 e. The average molecular weight is 1130 g/mol. The molecule has 0 aromatic heterocycles. The van der Waals surface area contributed by atoms with Crippen molar-refractivity contribution in [1.29, 1.82) is 0 Å². The molecule has 0 aliphatic carbocycles. The molecule has 6 nitrogen and oxygen atoms in total. The van der Waals surface area contributed by atoms with E-state index in [1.807, 2.05) is 0 Å². The maximum atomic E-state index is 12.9. The number of hydrogen-bond acceptors (Lipinski definition) is 6. The molecule has 0 aliphatic heterocycles. The Morgan fingerprint density at radius 3 is 0.765 bits per heavy atom. The van der Waals surface area contributed by atoms with E-state index >= 15 is 0 Å². The van der Waals surface area contributed by atoms with Crippen molar-refractivity contribution in [3.63, 3.8) is 0 Å². The molecule has 0 saturated heterocycles. The first kappa shape index (κ1) is 77.1. The van der Waals surface area contributed by atoms with Gasteiger partial charge in [-0.2, -0.15) is 0 Å². The van der Waals surface area contributed by atoms with Crippen LogP contribution in [0.2, 0.25) is 0 Å². The number of carbonyl (C=O) groups excluding carboxylic acids is 3. The minimum absolute atomic E-state index is 0.0885. The van der Waals surface area contributed by atoms with Crippen LogP contribution in [0, 0.1) is 0 Å². The summed E-state index contributed by atoms with van der Waals surface area (Å²) in [4.78, 5) is 38.5. The summed E-state index contributed by atoms with van der Waals surface area (Å²) >= 11 is 0. The summed E-state index contributed by atoms with van der Waals surface area (Å²) in [5.74, 6) is -0.906. The van der Waals surface area contributed by atoms with Crippen molar-refractivity contribution in [2.45, 2.75) is 335 Å². The number of rotatable bonds is 62. The van der Waals surface area contributed by atoms with Crippen molar-refractivity contribution in [3.05, 3.63) is 109 Å². The molecular weight excluding hydrogens is 997 g/mol. The highest BCUT2D eigenvalue weighted by Crippen LogP contribution is 2.17. The van der Waals surface area contributed by atoms with Gasteiger partial charge in [-0.25, -0.2) is 0 Å². The molecule has 0 N–H and O–H groups in total. The molecule has 0 spiro atoms. The molecule has 0 bridgehead atoms. The fourth-order valence-corrected chi connectivity index (χ4v) is 9.66. The minimum atomic E-state index is -0.796. The fraction of sp³-hybridized carbons (Fsp3) is 0.720. The van der Waals surface area contributed by atoms with Crippen molar-refractivity contribution in [1.82, 2.24) is 0 Å². The minimum Gasteiger partial charge on any atom is -0.462 e. The van der Waals surface area contributed by atoms with Crippen LogP contribution in [0.3, 0.4) is 0 Å². The van der Waals surface area contributed by atoms with Crippen molar-refractivity contribution in [2.24, 2.45) is 0 Å². The van der Waals surface area contributed by atoms with Crippen LogP contribution in [-0.2, 0) is 28.6 Å². The third-order valence-corrected chi connectivity index (χ3v) is 14.7. The van der Waals surface area contributed by atoms with Gasteiger partial charge in [0.2, 0.25) is 0 Å². The number of esters is 3. The van der Waals surface area contributed by atoms with E-state index in [0.29, 0.717) is 19.3 Å². The second kappa shape index (κ2) is 68.6. The third-order valence-electron chi connectivity index (χ3n) is 14.7. The lowest BCUT2D eigenvalue weighted by Crippen LogP contribution is -2.30. The van der Waals surface area contributed by atoms with Crippen LogP contribution in [0.15, 0.2) is 109 Å². The molecule has 0 aliphatic rings. The van der Waals surface area contributed by atoms with Gasteiger partial charge in [0, 0.05) is 19.3 Å². The summed E-state index contributed by atoms with van der Waals surface area (Å²) in [6.07, 6.45) is 93.9. The van der Waals surface area contributed by atoms with Crippen LogP contribution in [0.1, 0.15) is 329 Å². The summed E-state index contributed by atoms with van der Waals surface area (Å²) in [7, 11) is 0. The van der Waals surface area contributed by atoms with Gasteiger partial charge in [0.05, 0.1) is 0 Å². The van der Waals surface area contributed by atoms with Gasteiger partial charge in [0.25, 0.3) is 0 Å². The summed E-state index contributed by atoms with van der Waals surface area (Å²) in [6.45, 7) is 6.43. The molecule has 6 heteroatoms. The maximum absolute atomic E-state index is 12.9. The van der Waals surface area contributed by atoms with E-state index in [1.54, 1.807) is 0 Å². The van der Waals surface area contributed by atoms with Crippen LogP contribution in [0.25, 0.3) is 0 Å². The van der Waals surface area contributed by atoms with Gasteiger partial charge < -0.3 is 14.2 Å². The summed E-state index contributed by atoms with van der Waals surface area (Å²) < 4.78 is 17.0. The van der Waals surface area contributed by atoms with E-state index < -0.39 is 6.10 Å². The average Bonchev–Trinajstić information content (AvgIpc) is 3.47. The zero-order chi connectivity index (χ0) is 58.5. The Morgan fingerprint density at radius 1 is 0.259 bits per heavy atom. The normalized spacial score (nSPS) is 12.8. The standard InChI is InChI=1S/C75H128O6/c1-4-7-10-13-16-19-22-25-28-31-34-35-36-37-38-39-42-44-47-50-53-56-59-62-65-68-74(77)80-71-72(81-75(78)69-66-63-60-57-54-51-48-45-41-33-30-27-24-21-18-15-12-9-6-3)70-79-73(76)67-64-61-58-55-52-49-46-43-40-32-29-26-23-20-17-14-11-8-5-2/h8-9,11-12,17-18,20-21,26-27,29-31,34,40-41,43,45,72H,4-7,10,13-16,19,22-25,28,32-33,35-39,42,44,46-71H2,1-3H3/b11-8-,12-9-,20-17-,21-18-,29-26-,30-27-,34-31-,43-40-,45-41-. The lowest BCUT2D eigenvalue weighted by atomic mass is 10.0. The number of unbranched alkanes of at least 4 members (excludes halogenated alkanes) is 33. The Morgan fingerprint density at radius 2 is 0.481 bits per heavy atom. The number of ether oxygens (including phenoxy) is 3. The molecule has 1 atom stereocenters. The Kier molecular flexibility index (Phi) is 65.2. The highest BCUT2D eigenvalue weighted by Gasteiger charge is 2.19. The SMILES string of the molecule is CC/C=C\C/C=C\C/C=C\C/C=C\CCCCCCCCC(=O)OCC(COC(=O)CCCCCCCCCCCCCCC/C=C\CCCCCCCCCC)OC(=O)CCCCCCCC/C=C\C/C=C\C/C=C\C/C=C\CC. The van der Waals surface area contributed by atoms with E-state index in [4.69, 9.17) is 14.2 Å². The molecule has 0 aromatic rings. The zero-order valence-corrected chi connectivity index (χ0v) is 53.3. The molecule has 0 amide bonds. The van der Waals surface area contributed by atoms with Gasteiger partial charge in [-0.1, -0.05) is 297 Å². The van der Waals surface area contributed by atoms with Gasteiger partial charge in [0.15, 0.2) is 6.10 Å². The van der Waals surface area contributed by atoms with Gasteiger partial charge in [-0.05, 0) is 122 Å². The van der Waals surface area contributed by atoms with Crippen LogP contribution in [-0.4, -0.2) is 37.2 Å². The Hall–Kier alpha value is -3.93. The number of carbonyl (C=O) groups is 3. The largest absolute Gasteiger partial charge is 0.462 e. The zero-order valence-electron chi connectivity index (χ0n) is 53.3. The first-order valence-corrected chi connectivity index (χ1v) is 34.4. The predicted molar refractivity (Wildman–Crippen MR) is 353 cm³/mol. The Balaban J connectivity index is 4.38. The van der Waals surface area contributed by atoms with E-state index in [2.05, 4.69) is 130 Å². The van der Waals surface area contributed by atoms with Gasteiger partial charge >= 0.3 is 17.9 Å². The molecule has 0 radical (unpaired) electrons. The van der Waals surface area contributed by atoms with Gasteiger partial charge in [-0.15, -0.1) is 0 Å². The first-order chi connectivity index (χ1) is 40.0. The van der Waals surface area contributed by atoms with Gasteiger partial charge in [0.1, 0.15) is 13.2 Å². The maximum Gasteiger partial charge on any atom is 0.306 e. The molecule has 1 unspecified atom stereocenters. The Labute approximate surface area is 501 Å². The molecule has 0 fully saturated rings. The van der Waals surface area contributed by atoms with Gasteiger partial charge in [-0.3, -0.25) is 14.4 Å². The quantitative estimate of drug-likeness (QED) is 0.0261. The van der Waals surface area contributed by atoms with Crippen LogP contribution in [0.4, 0.5) is 0 Å². The molecular formula is C75H128O6. The van der Waals surface area contributed by atoms with Crippen molar-refractivity contribution in [3.8, 4) is 0 Å². The topological polar surface area (TPSA) is 78.9 Å². The van der Waals surface area contributed by atoms with E-state index in [1.165, 1.54) is 154 Å². The molecule has 81 heavy (non-hydrogen) atoms. The molecule has 0 rings (SSSR count). The van der Waals surface area contributed by atoms with E-state index in [-0.39, 0.29) is 31.1 Å². The summed E-state index contributed by atoms with van der Waals surface area (Å²) in [5.41, 5.74) is 0. The predicted octanol–water partition coefficient (Wildman–Crippen LogP) is 23.8. The molecule has 464 valence electrons. The van der Waals surface area contributed by atoms with Crippen molar-refractivity contribution >= 4 is 17.9 Å². The van der Waals surface area contributed by atoms with E-state index in [0.717, 1.165) is 135 Å². The Bertz CT molecular complexity index is 1620.